The van der Waals surface area contributed by atoms with Crippen LogP contribution in [0.5, 0.6) is 0 Å². The van der Waals surface area contributed by atoms with Gasteiger partial charge in [0, 0.05) is 13.1 Å². The first kappa shape index (κ1) is 17.4. The summed E-state index contributed by atoms with van der Waals surface area (Å²) in [7, 11) is 0. The summed E-state index contributed by atoms with van der Waals surface area (Å²) < 4.78 is 31.7. The Bertz CT molecular complexity index is 522. The third-order valence-electron chi connectivity index (χ3n) is 2.11. The predicted molar refractivity (Wildman–Crippen MR) is 73.3 cm³/mol. The number of halogens is 5. The van der Waals surface area contributed by atoms with Crippen molar-refractivity contribution < 1.29 is 23.1 Å². The van der Waals surface area contributed by atoms with Crippen LogP contribution in [0.3, 0.4) is 0 Å². The number of carboxylic acids is 1. The van der Waals surface area contributed by atoms with E-state index in [4.69, 9.17) is 33.1 Å². The lowest BCUT2D eigenvalue weighted by atomic mass is 10.3. The lowest BCUT2D eigenvalue weighted by Gasteiger charge is -2.02. The van der Waals surface area contributed by atoms with E-state index in [0.29, 0.717) is 15.7 Å². The summed E-state index contributed by atoms with van der Waals surface area (Å²) in [6, 6.07) is 5.33. The lowest BCUT2D eigenvalue weighted by molar-refractivity contribution is -0.192. The van der Waals surface area contributed by atoms with Gasteiger partial charge in [0.1, 0.15) is 5.69 Å². The molecule has 0 aliphatic carbocycles. The summed E-state index contributed by atoms with van der Waals surface area (Å²) in [4.78, 5) is 13.2. The Morgan fingerprint density at radius 3 is 2.00 bits per heavy atom. The Morgan fingerprint density at radius 2 is 1.62 bits per heavy atom. The van der Waals surface area contributed by atoms with Gasteiger partial charge in [0.25, 0.3) is 0 Å². The molecule has 0 atom stereocenters. The molecule has 0 saturated carbocycles. The molecule has 0 unspecified atom stereocenters. The first-order valence-electron chi connectivity index (χ1n) is 5.52. The number of hydrogen-bond acceptors (Lipinski definition) is 2. The number of benzene rings is 1. The minimum atomic E-state index is -5.08. The monoisotopic (exact) mass is 343 g/mol. The zero-order valence-corrected chi connectivity index (χ0v) is 11.9. The van der Waals surface area contributed by atoms with Gasteiger partial charge < -0.3 is 15.7 Å². The van der Waals surface area contributed by atoms with Gasteiger partial charge in [-0.1, -0.05) is 29.3 Å². The maximum absolute atomic E-state index is 10.6. The average Bonchev–Trinajstić information content (AvgIpc) is 2.86. The Morgan fingerprint density at radius 1 is 1.19 bits per heavy atom. The summed E-state index contributed by atoms with van der Waals surface area (Å²) in [5.41, 5.74) is 0.604. The van der Waals surface area contributed by atoms with Crippen molar-refractivity contribution in [3.05, 3.63) is 28.2 Å². The molecule has 10 heteroatoms. The normalized spacial score (nSPS) is 13.7. The molecule has 3 N–H and O–H groups in total. The van der Waals surface area contributed by atoms with Crippen LogP contribution in [0, 0.1) is 0 Å². The molecule has 1 fully saturated rings. The highest BCUT2D eigenvalue weighted by Gasteiger charge is 2.38. The molecule has 1 saturated heterocycles. The van der Waals surface area contributed by atoms with Crippen LogP contribution in [-0.4, -0.2) is 36.3 Å². The highest BCUT2D eigenvalue weighted by Crippen LogP contribution is 2.32. The van der Waals surface area contributed by atoms with E-state index in [2.05, 4.69) is 15.6 Å². The van der Waals surface area contributed by atoms with Gasteiger partial charge in [0.2, 0.25) is 0 Å². The Balaban J connectivity index is 0.000000270. The van der Waals surface area contributed by atoms with Crippen molar-refractivity contribution in [2.75, 3.05) is 13.1 Å². The van der Waals surface area contributed by atoms with Crippen LogP contribution in [0.15, 0.2) is 23.2 Å². The molecule has 1 aromatic rings. The van der Waals surface area contributed by atoms with E-state index in [0.717, 1.165) is 19.0 Å². The summed E-state index contributed by atoms with van der Waals surface area (Å²) >= 11 is 11.9. The maximum atomic E-state index is 10.6. The third-order valence-corrected chi connectivity index (χ3v) is 2.72. The Hall–Kier alpha value is -1.67. The quantitative estimate of drug-likeness (QED) is 0.733. The number of alkyl halides is 3. The first-order valence-corrected chi connectivity index (χ1v) is 6.28. The van der Waals surface area contributed by atoms with Crippen LogP contribution in [0.25, 0.3) is 0 Å². The summed E-state index contributed by atoms with van der Waals surface area (Å²) in [5, 5.41) is 14.4. The molecule has 2 rings (SSSR count). The topological polar surface area (TPSA) is 73.7 Å². The van der Waals surface area contributed by atoms with Crippen LogP contribution in [0.4, 0.5) is 18.9 Å². The fourth-order valence-corrected chi connectivity index (χ4v) is 1.69. The van der Waals surface area contributed by atoms with Gasteiger partial charge in [-0.3, -0.25) is 0 Å². The number of guanidine groups is 1. The molecule has 5 nitrogen and oxygen atoms in total. The molecule has 0 amide bonds. The molecule has 0 aromatic heterocycles. The first-order chi connectivity index (χ1) is 9.71. The van der Waals surface area contributed by atoms with Crippen LogP contribution in [-0.2, 0) is 4.79 Å². The number of aliphatic carboxylic acids is 1. The lowest BCUT2D eigenvalue weighted by Crippen LogP contribution is -2.23. The number of rotatable bonds is 1. The largest absolute Gasteiger partial charge is 0.490 e. The second-order valence-electron chi connectivity index (χ2n) is 3.69. The van der Waals surface area contributed by atoms with Crippen LogP contribution < -0.4 is 10.6 Å². The molecule has 0 radical (unpaired) electrons. The number of hydrogen-bond donors (Lipinski definition) is 3. The van der Waals surface area contributed by atoms with Gasteiger partial charge in [0.15, 0.2) is 5.96 Å². The van der Waals surface area contributed by atoms with Gasteiger partial charge >= 0.3 is 12.1 Å². The van der Waals surface area contributed by atoms with E-state index >= 15 is 0 Å². The van der Waals surface area contributed by atoms with Crippen molar-refractivity contribution >= 4 is 40.8 Å². The zero-order valence-electron chi connectivity index (χ0n) is 10.3. The summed E-state index contributed by atoms with van der Waals surface area (Å²) in [5.74, 6) is -2.03. The molecular formula is C11H10Cl2F3N3O2. The van der Waals surface area contributed by atoms with E-state index < -0.39 is 12.1 Å². The molecule has 1 heterocycles. The van der Waals surface area contributed by atoms with Crippen molar-refractivity contribution in [2.24, 2.45) is 4.99 Å². The van der Waals surface area contributed by atoms with Gasteiger partial charge in [0.05, 0.1) is 10.0 Å². The number of carboxylic acid groups (broad SMARTS) is 1. The third kappa shape index (κ3) is 5.68. The number of aliphatic imine (C=N–C) groups is 1. The molecule has 0 bridgehead atoms. The van der Waals surface area contributed by atoms with Crippen LogP contribution in [0.2, 0.25) is 10.0 Å². The predicted octanol–water partition coefficient (Wildman–Crippen LogP) is 2.81. The molecule has 116 valence electrons. The van der Waals surface area contributed by atoms with E-state index in [-0.39, 0.29) is 0 Å². The van der Waals surface area contributed by atoms with Gasteiger partial charge in [-0.15, -0.1) is 0 Å². The minimum absolute atomic E-state index is 0.556. The van der Waals surface area contributed by atoms with Crippen LogP contribution in [0.1, 0.15) is 0 Å². The van der Waals surface area contributed by atoms with E-state index in [9.17, 15) is 13.2 Å². The molecule has 21 heavy (non-hydrogen) atoms. The van der Waals surface area contributed by atoms with Gasteiger partial charge in [-0.2, -0.15) is 13.2 Å². The molecule has 1 aromatic carbocycles. The van der Waals surface area contributed by atoms with Crippen molar-refractivity contribution in [2.45, 2.75) is 6.18 Å². The second kappa shape index (κ2) is 7.37. The van der Waals surface area contributed by atoms with E-state index in [1.165, 1.54) is 0 Å². The average molecular weight is 344 g/mol. The van der Waals surface area contributed by atoms with Gasteiger partial charge in [-0.05, 0) is 12.1 Å². The van der Waals surface area contributed by atoms with Crippen molar-refractivity contribution in [1.29, 1.82) is 0 Å². The Labute approximate surface area is 127 Å². The van der Waals surface area contributed by atoms with Gasteiger partial charge in [-0.25, -0.2) is 9.79 Å². The minimum Gasteiger partial charge on any atom is -0.475 e. The number of nitrogens with one attached hydrogen (secondary N) is 2. The highest BCUT2D eigenvalue weighted by molar-refractivity contribution is 6.38. The summed E-state index contributed by atoms with van der Waals surface area (Å²) in [6.07, 6.45) is -5.08. The van der Waals surface area contributed by atoms with Crippen molar-refractivity contribution in [3.63, 3.8) is 0 Å². The smallest absolute Gasteiger partial charge is 0.475 e. The second-order valence-corrected chi connectivity index (χ2v) is 4.50. The van der Waals surface area contributed by atoms with Crippen molar-refractivity contribution in [3.8, 4) is 0 Å². The highest BCUT2D eigenvalue weighted by atomic mass is 35.5. The summed E-state index contributed by atoms with van der Waals surface area (Å²) in [6.45, 7) is 1.75. The molecular weight excluding hydrogens is 334 g/mol. The molecule has 0 spiro atoms. The number of carbonyl (C=O) groups is 1. The standard InChI is InChI=1S/C9H9Cl2N3.C2HF3O2/c10-6-2-1-3-7(11)8(6)14-9-12-4-5-13-9;3-2(4,5)1(6)7/h1-3H,4-5H2,(H2,12,13,14);(H,6,7). The fourth-order valence-electron chi connectivity index (χ4n) is 1.21. The number of para-hydroxylation sites is 1. The fraction of sp³-hybridized carbons (Fsp3) is 0.273. The van der Waals surface area contributed by atoms with E-state index in [1.54, 1.807) is 18.2 Å². The van der Waals surface area contributed by atoms with E-state index in [1.807, 2.05) is 0 Å². The van der Waals surface area contributed by atoms with Crippen molar-refractivity contribution in [1.82, 2.24) is 10.6 Å². The SMILES string of the molecule is Clc1cccc(Cl)c1N=C1NCCN1.O=C(O)C(F)(F)F. The molecule has 1 aliphatic rings. The van der Waals surface area contributed by atoms with Crippen LogP contribution >= 0.6 is 23.2 Å². The Kier molecular flexibility index (Phi) is 6.10. The molecule has 1 aliphatic heterocycles. The zero-order chi connectivity index (χ0) is 16.0. The number of nitrogens with zero attached hydrogens (tertiary/aromatic N) is 1. The maximum Gasteiger partial charge on any atom is 0.490 e.